The fraction of sp³-hybridized carbons (Fsp3) is 0.310. The molecule has 3 heterocycles. The average Bonchev–Trinajstić information content (AvgIpc) is 3.35. The molecule has 0 aliphatic carbocycles. The summed E-state index contributed by atoms with van der Waals surface area (Å²) in [6.07, 6.45) is 0. The van der Waals surface area contributed by atoms with Gasteiger partial charge in [0.2, 0.25) is 12.7 Å². The second-order valence-corrected chi connectivity index (χ2v) is 10.4. The van der Waals surface area contributed by atoms with E-state index in [-0.39, 0.29) is 12.7 Å². The summed E-state index contributed by atoms with van der Waals surface area (Å²) in [5.41, 5.74) is 3.55. The van der Waals surface area contributed by atoms with Gasteiger partial charge in [-0.1, -0.05) is 35.9 Å². The van der Waals surface area contributed by atoms with Crippen molar-refractivity contribution in [2.24, 2.45) is 5.92 Å². The van der Waals surface area contributed by atoms with E-state index in [4.69, 9.17) is 31.2 Å². The Hall–Kier alpha value is -3.98. The van der Waals surface area contributed by atoms with Gasteiger partial charge in [0.1, 0.15) is 5.92 Å². The molecule has 1 fully saturated rings. The van der Waals surface area contributed by atoms with Gasteiger partial charge in [0.25, 0.3) is 0 Å². The lowest BCUT2D eigenvalue weighted by Gasteiger charge is -2.56. The van der Waals surface area contributed by atoms with Crippen LogP contribution in [0, 0.1) is 19.8 Å². The zero-order valence-corrected chi connectivity index (χ0v) is 22.5. The van der Waals surface area contributed by atoms with Gasteiger partial charge < -0.3 is 34.5 Å². The van der Waals surface area contributed by atoms with Crippen LogP contribution in [-0.4, -0.2) is 35.5 Å². The maximum absolute atomic E-state index is 14.1. The highest BCUT2D eigenvalue weighted by Gasteiger charge is 2.59. The molecule has 1 saturated heterocycles. The number of aryl methyl sites for hydroxylation is 2. The number of rotatable bonds is 5. The maximum atomic E-state index is 14.1. The third-order valence-electron chi connectivity index (χ3n) is 7.54. The van der Waals surface area contributed by atoms with E-state index in [2.05, 4.69) is 16.7 Å². The molecule has 0 saturated carbocycles. The van der Waals surface area contributed by atoms with Crippen molar-refractivity contribution >= 4 is 28.9 Å². The molecule has 3 aliphatic heterocycles. The maximum Gasteiger partial charge on any atom is 0.236 e. The van der Waals surface area contributed by atoms with Gasteiger partial charge in [-0.3, -0.25) is 4.79 Å². The number of thiocarbonyl (C=S) groups is 1. The smallest absolute Gasteiger partial charge is 0.236 e. The molecular weight excluding hydrogens is 502 g/mol. The van der Waals surface area contributed by atoms with Crippen molar-refractivity contribution in [2.45, 2.75) is 39.1 Å². The number of nitrogens with one attached hydrogen (secondary N) is 2. The van der Waals surface area contributed by atoms with Gasteiger partial charge in [0.05, 0.1) is 13.2 Å². The third-order valence-corrected chi connectivity index (χ3v) is 7.88. The Balaban J connectivity index is 1.42. The molecule has 0 unspecified atom stereocenters. The minimum Gasteiger partial charge on any atom is -0.493 e. The van der Waals surface area contributed by atoms with Crippen LogP contribution in [0.1, 0.15) is 35.2 Å². The molecule has 3 aromatic rings. The molecule has 0 aromatic heterocycles. The minimum atomic E-state index is -1.12. The van der Waals surface area contributed by atoms with Crippen LogP contribution in [0.25, 0.3) is 0 Å². The topological polar surface area (TPSA) is 81.3 Å². The Morgan fingerprint density at radius 3 is 2.76 bits per heavy atom. The monoisotopic (exact) mass is 531 g/mol. The van der Waals surface area contributed by atoms with Gasteiger partial charge in [-0.05, 0) is 68.4 Å². The quantitative estimate of drug-likeness (QED) is 0.453. The van der Waals surface area contributed by atoms with Crippen molar-refractivity contribution in [3.8, 4) is 23.0 Å². The number of ether oxygens (including phenoxy) is 4. The minimum absolute atomic E-state index is 0.163. The molecular formula is C29H29N3O5S. The van der Waals surface area contributed by atoms with E-state index in [0.29, 0.717) is 34.7 Å². The van der Waals surface area contributed by atoms with Crippen LogP contribution in [0.4, 0.5) is 5.69 Å². The summed E-state index contributed by atoms with van der Waals surface area (Å²) in [5.74, 6) is 1.79. The Morgan fingerprint density at radius 1 is 1.16 bits per heavy atom. The number of anilines is 1. The van der Waals surface area contributed by atoms with Crippen LogP contribution < -0.4 is 29.6 Å². The molecule has 2 N–H and O–H groups in total. The molecule has 3 aliphatic rings. The molecule has 1 amide bonds. The van der Waals surface area contributed by atoms with Crippen LogP contribution in [-0.2, 0) is 11.3 Å². The van der Waals surface area contributed by atoms with Crippen LogP contribution >= 0.6 is 12.2 Å². The lowest BCUT2D eigenvalue weighted by Crippen LogP contribution is -2.71. The van der Waals surface area contributed by atoms with Crippen molar-refractivity contribution < 1.29 is 23.7 Å². The second-order valence-electron chi connectivity index (χ2n) is 10.0. The number of amides is 1. The number of benzene rings is 3. The highest BCUT2D eigenvalue weighted by molar-refractivity contribution is 7.80. The Morgan fingerprint density at radius 2 is 1.97 bits per heavy atom. The van der Waals surface area contributed by atoms with Gasteiger partial charge in [-0.15, -0.1) is 0 Å². The predicted octanol–water partition coefficient (Wildman–Crippen LogP) is 4.84. The Labute approximate surface area is 226 Å². The first-order chi connectivity index (χ1) is 18.3. The van der Waals surface area contributed by atoms with Crippen molar-refractivity contribution in [3.05, 3.63) is 76.9 Å². The Kier molecular flexibility index (Phi) is 5.83. The van der Waals surface area contributed by atoms with Crippen molar-refractivity contribution in [3.63, 3.8) is 0 Å². The molecule has 38 heavy (non-hydrogen) atoms. The van der Waals surface area contributed by atoms with Gasteiger partial charge in [-0.2, -0.15) is 0 Å². The summed E-state index contributed by atoms with van der Waals surface area (Å²) in [5, 5.41) is 7.10. The summed E-state index contributed by atoms with van der Waals surface area (Å²) in [6.45, 7) is 6.53. The Bertz CT molecular complexity index is 1460. The first kappa shape index (κ1) is 24.4. The van der Waals surface area contributed by atoms with E-state index >= 15 is 0 Å². The van der Waals surface area contributed by atoms with Crippen LogP contribution in [0.3, 0.4) is 0 Å². The van der Waals surface area contributed by atoms with Gasteiger partial charge in [0, 0.05) is 17.8 Å². The van der Waals surface area contributed by atoms with E-state index < -0.39 is 17.7 Å². The highest BCUT2D eigenvalue weighted by atomic mass is 32.1. The number of para-hydroxylation sites is 1. The average molecular weight is 532 g/mol. The molecule has 8 nitrogen and oxygen atoms in total. The summed E-state index contributed by atoms with van der Waals surface area (Å²) in [6, 6.07) is 17.0. The molecule has 6 rings (SSSR count). The van der Waals surface area contributed by atoms with E-state index in [1.807, 2.05) is 74.2 Å². The number of fused-ring (bicyclic) bond motifs is 5. The molecule has 3 aromatic carbocycles. The summed E-state index contributed by atoms with van der Waals surface area (Å²) in [7, 11) is 1.61. The van der Waals surface area contributed by atoms with E-state index in [9.17, 15) is 4.79 Å². The standard InChI is InChI=1S/C29H29N3O5S/c1-16-8-10-20(17(2)12-16)30-27(33)24-25-19-6-5-7-22(34-4)26(19)37-29(24,3)32(28(38)31-25)14-18-9-11-21-23(13-18)36-15-35-21/h5-13,24-25H,14-15H2,1-4H3,(H,30,33)(H,31,38)/t24-,25-,29-/m1/s1. The normalized spacial score (nSPS) is 22.7. The SMILES string of the molecule is COc1cccc2c1O[C@]1(C)[C@@H](C(=O)Nc3ccc(C)cc3C)[C@@H]2NC(=S)N1Cc1ccc2c(c1)OCO2. The number of nitrogens with zero attached hydrogens (tertiary/aromatic N) is 1. The van der Waals surface area contributed by atoms with E-state index in [0.717, 1.165) is 27.9 Å². The zero-order valence-electron chi connectivity index (χ0n) is 21.7. The fourth-order valence-corrected chi connectivity index (χ4v) is 5.99. The van der Waals surface area contributed by atoms with Crippen LogP contribution in [0.5, 0.6) is 23.0 Å². The first-order valence-electron chi connectivity index (χ1n) is 12.5. The van der Waals surface area contributed by atoms with Crippen molar-refractivity contribution in [1.29, 1.82) is 0 Å². The largest absolute Gasteiger partial charge is 0.493 e. The lowest BCUT2D eigenvalue weighted by atomic mass is 9.78. The molecule has 2 bridgehead atoms. The first-order valence-corrected chi connectivity index (χ1v) is 12.9. The summed E-state index contributed by atoms with van der Waals surface area (Å²) < 4.78 is 23.4. The molecule has 196 valence electrons. The van der Waals surface area contributed by atoms with Crippen LogP contribution in [0.15, 0.2) is 54.6 Å². The summed E-state index contributed by atoms with van der Waals surface area (Å²) >= 11 is 5.86. The van der Waals surface area contributed by atoms with Crippen molar-refractivity contribution in [1.82, 2.24) is 10.2 Å². The highest BCUT2D eigenvalue weighted by Crippen LogP contribution is 2.52. The van der Waals surface area contributed by atoms with E-state index in [1.54, 1.807) is 7.11 Å². The molecule has 3 atom stereocenters. The summed E-state index contributed by atoms with van der Waals surface area (Å²) in [4.78, 5) is 16.0. The predicted molar refractivity (Wildman–Crippen MR) is 147 cm³/mol. The van der Waals surface area contributed by atoms with Gasteiger partial charge >= 0.3 is 0 Å². The number of carbonyl (C=O) groups excluding carboxylic acids is 1. The fourth-order valence-electron chi connectivity index (χ4n) is 5.61. The van der Waals surface area contributed by atoms with Crippen molar-refractivity contribution in [2.75, 3.05) is 19.2 Å². The number of hydrogen-bond donors (Lipinski definition) is 2. The zero-order chi connectivity index (χ0) is 26.6. The number of hydrogen-bond acceptors (Lipinski definition) is 6. The number of carbonyl (C=O) groups is 1. The third kappa shape index (κ3) is 3.89. The molecule has 9 heteroatoms. The number of methoxy groups -OCH3 is 1. The van der Waals surface area contributed by atoms with Gasteiger partial charge in [-0.25, -0.2) is 0 Å². The molecule has 0 spiro atoms. The van der Waals surface area contributed by atoms with E-state index in [1.165, 1.54) is 0 Å². The van der Waals surface area contributed by atoms with Crippen LogP contribution in [0.2, 0.25) is 0 Å². The second kappa shape index (κ2) is 9.09. The lowest BCUT2D eigenvalue weighted by molar-refractivity contribution is -0.151. The van der Waals surface area contributed by atoms with Gasteiger partial charge in [0.15, 0.2) is 33.8 Å². The molecule has 0 radical (unpaired) electrons.